The molecule has 1 heterocycles. The normalized spacial score (nSPS) is 13.6. The largest absolute Gasteiger partial charge is 0.379 e. The Balaban J connectivity index is 0.00000410. The van der Waals surface area contributed by atoms with Gasteiger partial charge < -0.3 is 24.8 Å². The second-order valence-electron chi connectivity index (χ2n) is 10.8. The number of nitrogens with zero attached hydrogens (tertiary/aromatic N) is 1. The van der Waals surface area contributed by atoms with Gasteiger partial charge in [-0.3, -0.25) is 19.3 Å². The van der Waals surface area contributed by atoms with Crippen molar-refractivity contribution in [2.45, 2.75) is 74.1 Å². The summed E-state index contributed by atoms with van der Waals surface area (Å²) in [5.41, 5.74) is 0.514. The van der Waals surface area contributed by atoms with Crippen molar-refractivity contribution in [3.8, 4) is 0 Å². The number of hydrogen-bond acceptors (Lipinski definition) is 7. The van der Waals surface area contributed by atoms with E-state index in [0.29, 0.717) is 46.0 Å². The van der Waals surface area contributed by atoms with Crippen molar-refractivity contribution in [1.29, 1.82) is 0 Å². The Bertz CT molecular complexity index is 655. The van der Waals surface area contributed by atoms with E-state index in [1.165, 1.54) is 18.6 Å². The zero-order valence-electron chi connectivity index (χ0n) is 24.5. The zero-order valence-corrected chi connectivity index (χ0v) is 24.5. The first-order valence-electron chi connectivity index (χ1n) is 13.7. The molecule has 0 saturated carbocycles. The minimum absolute atomic E-state index is 0.0980. The molecule has 1 aliphatic heterocycles. The van der Waals surface area contributed by atoms with Gasteiger partial charge in [0.15, 0.2) is 0 Å². The molecule has 0 unspecified atom stereocenters. The Morgan fingerprint density at radius 3 is 1.76 bits per heavy atom. The van der Waals surface area contributed by atoms with Crippen LogP contribution in [0, 0.1) is 10.8 Å². The quantitative estimate of drug-likeness (QED) is 0.196. The second kappa shape index (κ2) is 20.2. The molecule has 0 spiro atoms. The number of rotatable bonds is 19. The predicted octanol–water partition coefficient (Wildman–Crippen LogP) is 3.33. The first-order chi connectivity index (χ1) is 17.5. The zero-order chi connectivity index (χ0) is 28.2. The molecule has 216 valence electrons. The lowest BCUT2D eigenvalue weighted by atomic mass is 9.69. The van der Waals surface area contributed by atoms with Crippen molar-refractivity contribution in [3.05, 3.63) is 12.2 Å². The van der Waals surface area contributed by atoms with Gasteiger partial charge in [-0.15, -0.1) is 0 Å². The number of amides is 3. The maximum absolute atomic E-state index is 11.8. The van der Waals surface area contributed by atoms with Crippen LogP contribution in [0.15, 0.2) is 12.2 Å². The Morgan fingerprint density at radius 1 is 0.811 bits per heavy atom. The summed E-state index contributed by atoms with van der Waals surface area (Å²) < 4.78 is 16.6. The van der Waals surface area contributed by atoms with Crippen LogP contribution in [0.2, 0.25) is 0 Å². The average Bonchev–Trinajstić information content (AvgIpc) is 3.14. The van der Waals surface area contributed by atoms with E-state index < -0.39 is 0 Å². The van der Waals surface area contributed by atoms with Crippen LogP contribution in [0.25, 0.3) is 0 Å². The number of carbonyl (C=O) groups excluding carboxylic acids is 3. The number of nitrogens with one attached hydrogen (secondary N) is 2. The SMILES string of the molecule is CC(C)(C)C(C)(C)CNCCCOCCOCCOCCCNC(=O)CCN1C(=O)C=CC1=O.CCC. The molecule has 9 nitrogen and oxygen atoms in total. The first-order valence-corrected chi connectivity index (χ1v) is 13.7. The standard InChI is InChI=1S/C25H45N3O6.C3H8/c1-24(2,3)25(4,5)20-26-11-6-14-32-16-18-34-19-17-33-15-7-12-27-21(29)10-13-28-22(30)8-9-23(28)31;1-3-2/h8-9,26H,6-7,10-20H2,1-5H3,(H,27,29);3H2,1-2H3. The van der Waals surface area contributed by atoms with E-state index >= 15 is 0 Å². The maximum Gasteiger partial charge on any atom is 0.253 e. The summed E-state index contributed by atoms with van der Waals surface area (Å²) in [7, 11) is 0. The molecule has 0 aromatic carbocycles. The van der Waals surface area contributed by atoms with Crippen LogP contribution in [-0.2, 0) is 28.6 Å². The number of ether oxygens (including phenoxy) is 3. The Hall–Kier alpha value is -1.81. The van der Waals surface area contributed by atoms with Crippen molar-refractivity contribution in [3.63, 3.8) is 0 Å². The number of imide groups is 1. The van der Waals surface area contributed by atoms with Gasteiger partial charge in [0.1, 0.15) is 0 Å². The van der Waals surface area contributed by atoms with Gasteiger partial charge in [0.05, 0.1) is 26.4 Å². The number of hydrogen-bond donors (Lipinski definition) is 2. The molecule has 1 rings (SSSR count). The third-order valence-corrected chi connectivity index (χ3v) is 6.23. The molecule has 2 N–H and O–H groups in total. The Morgan fingerprint density at radius 2 is 1.27 bits per heavy atom. The van der Waals surface area contributed by atoms with Crippen LogP contribution in [0.4, 0.5) is 0 Å². The summed E-state index contributed by atoms with van der Waals surface area (Å²) in [5, 5.41) is 6.27. The average molecular weight is 528 g/mol. The molecule has 37 heavy (non-hydrogen) atoms. The molecule has 0 bridgehead atoms. The van der Waals surface area contributed by atoms with E-state index in [0.717, 1.165) is 31.0 Å². The van der Waals surface area contributed by atoms with Crippen LogP contribution in [0.3, 0.4) is 0 Å². The van der Waals surface area contributed by atoms with E-state index in [-0.39, 0.29) is 41.5 Å². The number of carbonyl (C=O) groups is 3. The molecule has 0 aromatic rings. The summed E-state index contributed by atoms with van der Waals surface area (Å²) in [5.74, 6) is -0.938. The Labute approximate surface area is 225 Å². The monoisotopic (exact) mass is 527 g/mol. The molecule has 0 aliphatic carbocycles. The predicted molar refractivity (Wildman–Crippen MR) is 147 cm³/mol. The molecular weight excluding hydrogens is 474 g/mol. The van der Waals surface area contributed by atoms with E-state index in [9.17, 15) is 14.4 Å². The van der Waals surface area contributed by atoms with E-state index in [1.807, 2.05) is 0 Å². The highest BCUT2D eigenvalue weighted by atomic mass is 16.5. The second-order valence-corrected chi connectivity index (χ2v) is 10.8. The van der Waals surface area contributed by atoms with Crippen LogP contribution in [0.1, 0.15) is 74.1 Å². The van der Waals surface area contributed by atoms with Gasteiger partial charge in [0.25, 0.3) is 11.8 Å². The molecular formula is C28H53N3O6. The lowest BCUT2D eigenvalue weighted by molar-refractivity contribution is -0.137. The first kappa shape index (κ1) is 35.2. The van der Waals surface area contributed by atoms with Crippen molar-refractivity contribution in [2.24, 2.45) is 10.8 Å². The highest BCUT2D eigenvalue weighted by Gasteiger charge is 2.31. The minimum Gasteiger partial charge on any atom is -0.379 e. The van der Waals surface area contributed by atoms with Crippen molar-refractivity contribution in [1.82, 2.24) is 15.5 Å². The van der Waals surface area contributed by atoms with Crippen LogP contribution in [0.5, 0.6) is 0 Å². The van der Waals surface area contributed by atoms with Crippen LogP contribution >= 0.6 is 0 Å². The molecule has 3 amide bonds. The molecule has 0 aromatic heterocycles. The molecule has 0 atom stereocenters. The lowest BCUT2D eigenvalue weighted by Gasteiger charge is -2.39. The van der Waals surface area contributed by atoms with Gasteiger partial charge in [-0.1, -0.05) is 54.9 Å². The molecule has 9 heteroatoms. The molecule has 0 fully saturated rings. The van der Waals surface area contributed by atoms with E-state index in [1.54, 1.807) is 0 Å². The smallest absolute Gasteiger partial charge is 0.253 e. The maximum atomic E-state index is 11.8. The third-order valence-electron chi connectivity index (χ3n) is 6.23. The topological polar surface area (TPSA) is 106 Å². The highest BCUT2D eigenvalue weighted by molar-refractivity contribution is 6.13. The molecule has 1 aliphatic rings. The lowest BCUT2D eigenvalue weighted by Crippen LogP contribution is -2.39. The minimum atomic E-state index is -0.372. The summed E-state index contributed by atoms with van der Waals surface area (Å²) in [6.07, 6.45) is 5.43. The van der Waals surface area contributed by atoms with Gasteiger partial charge >= 0.3 is 0 Å². The van der Waals surface area contributed by atoms with Gasteiger partial charge in [-0.2, -0.15) is 0 Å². The summed E-state index contributed by atoms with van der Waals surface area (Å²) in [6, 6.07) is 0. The summed E-state index contributed by atoms with van der Waals surface area (Å²) in [4.78, 5) is 35.6. The van der Waals surface area contributed by atoms with Gasteiger partial charge in [-0.05, 0) is 30.2 Å². The van der Waals surface area contributed by atoms with Crippen molar-refractivity contribution >= 4 is 17.7 Å². The van der Waals surface area contributed by atoms with Crippen LogP contribution in [-0.4, -0.2) is 88.4 Å². The van der Waals surface area contributed by atoms with E-state index in [2.05, 4.69) is 59.1 Å². The highest BCUT2D eigenvalue weighted by Crippen LogP contribution is 2.36. The third kappa shape index (κ3) is 17.3. The van der Waals surface area contributed by atoms with Crippen LogP contribution < -0.4 is 10.6 Å². The molecule has 0 saturated heterocycles. The van der Waals surface area contributed by atoms with Gasteiger partial charge in [-0.25, -0.2) is 0 Å². The van der Waals surface area contributed by atoms with Gasteiger partial charge in [0, 0.05) is 51.4 Å². The fourth-order valence-electron chi connectivity index (χ4n) is 2.86. The van der Waals surface area contributed by atoms with E-state index in [4.69, 9.17) is 14.2 Å². The van der Waals surface area contributed by atoms with Crippen molar-refractivity contribution < 1.29 is 28.6 Å². The Kier molecular flexibility index (Phi) is 19.2. The van der Waals surface area contributed by atoms with Gasteiger partial charge in [0.2, 0.25) is 5.91 Å². The summed E-state index contributed by atoms with van der Waals surface area (Å²) >= 11 is 0. The van der Waals surface area contributed by atoms with Crippen molar-refractivity contribution in [2.75, 3.05) is 65.8 Å². The fraction of sp³-hybridized carbons (Fsp3) is 0.821. The summed E-state index contributed by atoms with van der Waals surface area (Å²) in [6.45, 7) is 21.5. The fourth-order valence-corrected chi connectivity index (χ4v) is 2.86. The molecule has 0 radical (unpaired) electrons.